The van der Waals surface area contributed by atoms with E-state index < -0.39 is 0 Å². The minimum Gasteiger partial charge on any atom is -0.139 e. The molecule has 0 aromatic carbocycles. The second kappa shape index (κ2) is 10.2. The fraction of sp³-hybridized carbons (Fsp3) is 0.533. The zero-order valence-electron chi connectivity index (χ0n) is 22.5. The van der Waals surface area contributed by atoms with Crippen molar-refractivity contribution in [1.29, 1.82) is 0 Å². The van der Waals surface area contributed by atoms with E-state index in [9.17, 15) is 0 Å². The van der Waals surface area contributed by atoms with Crippen LogP contribution in [0.4, 0.5) is 0 Å². The monoisotopic (exact) mass is 528 g/mol. The molecule has 0 unspecified atom stereocenters. The van der Waals surface area contributed by atoms with Gasteiger partial charge in [-0.3, -0.25) is 0 Å². The largest absolute Gasteiger partial charge is 0.139 e. The molecule has 4 heterocycles. The highest BCUT2D eigenvalue weighted by Crippen LogP contribution is 2.55. The van der Waals surface area contributed by atoms with E-state index in [0.717, 1.165) is 12.8 Å². The molecule has 0 fully saturated rings. The van der Waals surface area contributed by atoms with E-state index in [2.05, 4.69) is 104 Å². The summed E-state index contributed by atoms with van der Waals surface area (Å²) in [4.78, 5) is 9.16. The normalized spacial score (nSPS) is 12.5. The summed E-state index contributed by atoms with van der Waals surface area (Å²) in [5, 5.41) is 0. The number of thiophene rings is 4. The summed E-state index contributed by atoms with van der Waals surface area (Å²) >= 11 is 8.21. The summed E-state index contributed by atoms with van der Waals surface area (Å²) in [6.45, 7) is 23.5. The SMILES string of the molecule is CCc1cc(-c2sc3c(C(C)C)c(-c4cc(C(C)C)c(C(C)C)s4)sc3c2C(C)C)sc1CC. The van der Waals surface area contributed by atoms with Gasteiger partial charge in [-0.05, 0) is 70.9 Å². The molecule has 0 radical (unpaired) electrons. The van der Waals surface area contributed by atoms with Crippen LogP contribution < -0.4 is 0 Å². The summed E-state index contributed by atoms with van der Waals surface area (Å²) in [6, 6.07) is 5.01. The number of fused-ring (bicyclic) bond motifs is 1. The molecule has 0 N–H and O–H groups in total. The lowest BCUT2D eigenvalue weighted by molar-refractivity contribution is 0.810. The summed E-state index contributed by atoms with van der Waals surface area (Å²) in [6.07, 6.45) is 2.27. The van der Waals surface area contributed by atoms with Gasteiger partial charge in [0.2, 0.25) is 0 Å². The standard InChI is InChI=1S/C30H40S4/c1-11-19-13-22(31-21(19)12-2)27-24(16(5)6)29-30(33-27)25(17(7)8)28(34-29)23-14-20(15(3)4)26(32-23)18(9)10/h13-18H,11-12H2,1-10H3. The van der Waals surface area contributed by atoms with Gasteiger partial charge >= 0.3 is 0 Å². The van der Waals surface area contributed by atoms with Crippen molar-refractivity contribution >= 4 is 54.7 Å². The molecule has 0 bridgehead atoms. The Bertz CT molecular complexity index is 1240. The number of aryl methyl sites for hydroxylation is 2. The van der Waals surface area contributed by atoms with Gasteiger partial charge in [0.05, 0.1) is 9.40 Å². The van der Waals surface area contributed by atoms with Gasteiger partial charge in [0.1, 0.15) is 0 Å². The highest BCUT2D eigenvalue weighted by Gasteiger charge is 2.28. The number of hydrogen-bond acceptors (Lipinski definition) is 4. The Morgan fingerprint density at radius 2 is 1.12 bits per heavy atom. The smallest absolute Gasteiger partial charge is 0.0501 e. The summed E-state index contributed by atoms with van der Waals surface area (Å²) in [5.41, 5.74) is 6.24. The van der Waals surface area contributed by atoms with E-state index in [-0.39, 0.29) is 0 Å². The van der Waals surface area contributed by atoms with Crippen LogP contribution in [-0.2, 0) is 12.8 Å². The van der Waals surface area contributed by atoms with Crippen LogP contribution in [0, 0.1) is 0 Å². The van der Waals surface area contributed by atoms with Crippen molar-refractivity contribution in [3.8, 4) is 19.5 Å². The lowest BCUT2D eigenvalue weighted by Crippen LogP contribution is -1.92. The summed E-state index contributed by atoms with van der Waals surface area (Å²) < 4.78 is 3.09. The zero-order chi connectivity index (χ0) is 24.9. The van der Waals surface area contributed by atoms with E-state index in [1.54, 1.807) is 41.4 Å². The van der Waals surface area contributed by atoms with Gasteiger partial charge in [0, 0.05) is 29.3 Å². The minimum atomic E-state index is 0.517. The van der Waals surface area contributed by atoms with E-state index in [0.29, 0.717) is 23.7 Å². The molecule has 4 rings (SSSR count). The first-order chi connectivity index (χ1) is 16.1. The Balaban J connectivity index is 1.97. The number of hydrogen-bond donors (Lipinski definition) is 0. The average Bonchev–Trinajstić information content (AvgIpc) is 3.51. The molecule has 4 aromatic heterocycles. The van der Waals surface area contributed by atoms with E-state index in [4.69, 9.17) is 0 Å². The minimum absolute atomic E-state index is 0.517. The first-order valence-corrected chi connectivity index (χ1v) is 16.2. The first-order valence-electron chi connectivity index (χ1n) is 12.9. The Hall–Kier alpha value is -0.940. The van der Waals surface area contributed by atoms with Crippen molar-refractivity contribution in [3.05, 3.63) is 44.1 Å². The Morgan fingerprint density at radius 1 is 0.588 bits per heavy atom. The molecule has 0 amide bonds. The second-order valence-corrected chi connectivity index (χ2v) is 14.9. The van der Waals surface area contributed by atoms with Crippen LogP contribution in [-0.4, -0.2) is 0 Å². The van der Waals surface area contributed by atoms with Crippen LogP contribution in [0.3, 0.4) is 0 Å². The maximum atomic E-state index is 2.52. The maximum Gasteiger partial charge on any atom is 0.0501 e. The molecule has 0 aliphatic carbocycles. The highest BCUT2D eigenvalue weighted by atomic mass is 32.1. The van der Waals surface area contributed by atoms with Gasteiger partial charge in [0.15, 0.2) is 0 Å². The van der Waals surface area contributed by atoms with Crippen molar-refractivity contribution in [1.82, 2.24) is 0 Å². The Morgan fingerprint density at radius 3 is 1.47 bits per heavy atom. The number of rotatable bonds is 8. The predicted molar refractivity (Wildman–Crippen MR) is 161 cm³/mol. The maximum absolute atomic E-state index is 2.52. The molecule has 34 heavy (non-hydrogen) atoms. The van der Waals surface area contributed by atoms with E-state index in [1.807, 2.05) is 22.7 Å². The van der Waals surface area contributed by atoms with Crippen molar-refractivity contribution in [2.45, 2.75) is 106 Å². The summed E-state index contributed by atoms with van der Waals surface area (Å²) in [5.74, 6) is 2.19. The van der Waals surface area contributed by atoms with E-state index >= 15 is 0 Å². The van der Waals surface area contributed by atoms with Crippen molar-refractivity contribution < 1.29 is 0 Å². The van der Waals surface area contributed by atoms with Gasteiger partial charge in [-0.25, -0.2) is 0 Å². The van der Waals surface area contributed by atoms with Crippen LogP contribution in [0.1, 0.15) is 125 Å². The lowest BCUT2D eigenvalue weighted by atomic mass is 9.97. The molecular formula is C30H40S4. The molecule has 0 aliphatic rings. The van der Waals surface area contributed by atoms with Gasteiger partial charge in [0.25, 0.3) is 0 Å². The van der Waals surface area contributed by atoms with Crippen LogP contribution in [0.25, 0.3) is 28.9 Å². The first kappa shape index (κ1) is 26.1. The second-order valence-electron chi connectivity index (χ2n) is 10.7. The molecule has 0 aliphatic heterocycles. The van der Waals surface area contributed by atoms with Gasteiger partial charge in [-0.1, -0.05) is 69.2 Å². The average molecular weight is 529 g/mol. The van der Waals surface area contributed by atoms with Crippen molar-refractivity contribution in [3.63, 3.8) is 0 Å². The van der Waals surface area contributed by atoms with Crippen LogP contribution in [0.15, 0.2) is 12.1 Å². The van der Waals surface area contributed by atoms with Crippen LogP contribution in [0.5, 0.6) is 0 Å². The predicted octanol–water partition coefficient (Wildman–Crippen LogP) is 12.0. The molecule has 4 heteroatoms. The van der Waals surface area contributed by atoms with Crippen LogP contribution >= 0.6 is 45.3 Å². The van der Waals surface area contributed by atoms with Gasteiger partial charge in [-0.2, -0.15) is 0 Å². The van der Waals surface area contributed by atoms with Crippen LogP contribution in [0.2, 0.25) is 0 Å². The quantitative estimate of drug-likeness (QED) is 0.213. The zero-order valence-corrected chi connectivity index (χ0v) is 25.8. The van der Waals surface area contributed by atoms with Crippen molar-refractivity contribution in [2.75, 3.05) is 0 Å². The Labute approximate surface area is 223 Å². The molecule has 0 saturated carbocycles. The molecule has 4 aromatic rings. The molecular weight excluding hydrogens is 489 g/mol. The highest BCUT2D eigenvalue weighted by molar-refractivity contribution is 7.34. The fourth-order valence-electron chi connectivity index (χ4n) is 4.99. The van der Waals surface area contributed by atoms with Gasteiger partial charge in [-0.15, -0.1) is 45.3 Å². The third-order valence-corrected chi connectivity index (χ3v) is 12.5. The topological polar surface area (TPSA) is 0 Å². The molecule has 0 saturated heterocycles. The molecule has 0 atom stereocenters. The lowest BCUT2D eigenvalue weighted by Gasteiger charge is -2.08. The molecule has 0 spiro atoms. The third-order valence-electron chi connectivity index (χ3n) is 6.73. The Kier molecular flexibility index (Phi) is 7.84. The molecule has 184 valence electrons. The third kappa shape index (κ3) is 4.49. The summed E-state index contributed by atoms with van der Waals surface area (Å²) in [7, 11) is 0. The van der Waals surface area contributed by atoms with Gasteiger partial charge < -0.3 is 0 Å². The molecule has 0 nitrogen and oxygen atoms in total. The fourth-order valence-corrected chi connectivity index (χ4v) is 11.2. The van der Waals surface area contributed by atoms with Crippen molar-refractivity contribution in [2.24, 2.45) is 0 Å². The van der Waals surface area contributed by atoms with E-state index in [1.165, 1.54) is 19.5 Å².